The third-order valence-electron chi connectivity index (χ3n) is 2.54. The van der Waals surface area contributed by atoms with E-state index in [1.807, 2.05) is 6.07 Å². The van der Waals surface area contributed by atoms with Gasteiger partial charge >= 0.3 is 0 Å². The standard InChI is InChI=1S/C11H14N4O3S/c1-9(7-16)8-19(17,18)11-12-13-14-15(11)10-5-3-2-4-6-10/h2-6,9,16H,7-8H2,1H3/t9-/m0/s1. The molecule has 0 unspecified atom stereocenters. The van der Waals surface area contributed by atoms with Gasteiger partial charge in [-0.15, -0.1) is 0 Å². The molecule has 1 aromatic heterocycles. The lowest BCUT2D eigenvalue weighted by Gasteiger charge is -2.08. The second kappa shape index (κ2) is 5.45. The average molecular weight is 282 g/mol. The molecular formula is C11H14N4O3S. The number of tetrazole rings is 1. The number of benzene rings is 1. The lowest BCUT2D eigenvalue weighted by atomic mass is 10.2. The number of para-hydroxylation sites is 1. The molecule has 7 nitrogen and oxygen atoms in total. The van der Waals surface area contributed by atoms with Crippen molar-refractivity contribution >= 4 is 9.84 Å². The Balaban J connectivity index is 2.40. The molecule has 0 aliphatic rings. The number of aliphatic hydroxyl groups excluding tert-OH is 1. The fourth-order valence-corrected chi connectivity index (χ4v) is 3.18. The molecule has 0 bridgehead atoms. The molecule has 0 amide bonds. The van der Waals surface area contributed by atoms with Crippen LogP contribution < -0.4 is 0 Å². The van der Waals surface area contributed by atoms with E-state index in [0.717, 1.165) is 0 Å². The van der Waals surface area contributed by atoms with Crippen molar-refractivity contribution in [2.24, 2.45) is 5.92 Å². The van der Waals surface area contributed by atoms with Crippen molar-refractivity contribution in [3.63, 3.8) is 0 Å². The van der Waals surface area contributed by atoms with Crippen LogP contribution in [0.4, 0.5) is 0 Å². The highest BCUT2D eigenvalue weighted by Gasteiger charge is 2.25. The summed E-state index contributed by atoms with van der Waals surface area (Å²) in [5.41, 5.74) is 0.572. The fourth-order valence-electron chi connectivity index (χ4n) is 1.61. The number of sulfone groups is 1. The van der Waals surface area contributed by atoms with Crippen molar-refractivity contribution in [3.8, 4) is 5.69 Å². The lowest BCUT2D eigenvalue weighted by Crippen LogP contribution is -2.20. The smallest absolute Gasteiger partial charge is 0.272 e. The minimum atomic E-state index is -3.64. The van der Waals surface area contributed by atoms with Crippen LogP contribution in [0.5, 0.6) is 0 Å². The maximum Gasteiger partial charge on any atom is 0.272 e. The lowest BCUT2D eigenvalue weighted by molar-refractivity contribution is 0.249. The van der Waals surface area contributed by atoms with Crippen molar-refractivity contribution in [3.05, 3.63) is 30.3 Å². The van der Waals surface area contributed by atoms with Crippen LogP contribution in [0.1, 0.15) is 6.92 Å². The molecule has 1 atom stereocenters. The van der Waals surface area contributed by atoms with Crippen LogP contribution in [-0.2, 0) is 9.84 Å². The zero-order chi connectivity index (χ0) is 13.9. The van der Waals surface area contributed by atoms with Crippen molar-refractivity contribution in [1.29, 1.82) is 0 Å². The van der Waals surface area contributed by atoms with Crippen LogP contribution in [0, 0.1) is 5.92 Å². The molecule has 0 aliphatic heterocycles. The second-order valence-electron chi connectivity index (χ2n) is 4.28. The maximum absolute atomic E-state index is 12.2. The average Bonchev–Trinajstić information content (AvgIpc) is 2.89. The van der Waals surface area contributed by atoms with Crippen LogP contribution in [0.25, 0.3) is 5.69 Å². The molecule has 1 N–H and O–H groups in total. The fraction of sp³-hybridized carbons (Fsp3) is 0.364. The minimum absolute atomic E-state index is 0.198. The highest BCUT2D eigenvalue weighted by atomic mass is 32.2. The molecule has 0 spiro atoms. The summed E-state index contributed by atoms with van der Waals surface area (Å²) in [7, 11) is -3.64. The highest BCUT2D eigenvalue weighted by molar-refractivity contribution is 7.91. The van der Waals surface area contributed by atoms with Crippen molar-refractivity contribution in [2.45, 2.75) is 12.1 Å². The zero-order valence-electron chi connectivity index (χ0n) is 10.3. The van der Waals surface area contributed by atoms with Crippen LogP contribution in [0.3, 0.4) is 0 Å². The molecule has 102 valence electrons. The van der Waals surface area contributed by atoms with E-state index < -0.39 is 9.84 Å². The first kappa shape index (κ1) is 13.6. The molecule has 2 aromatic rings. The summed E-state index contributed by atoms with van der Waals surface area (Å²) in [6, 6.07) is 8.78. The summed E-state index contributed by atoms with van der Waals surface area (Å²) in [5, 5.41) is 19.5. The number of hydrogen-bond donors (Lipinski definition) is 1. The van der Waals surface area contributed by atoms with Gasteiger partial charge in [0.25, 0.3) is 5.16 Å². The Morgan fingerprint density at radius 1 is 1.32 bits per heavy atom. The van der Waals surface area contributed by atoms with Gasteiger partial charge in [-0.3, -0.25) is 0 Å². The zero-order valence-corrected chi connectivity index (χ0v) is 11.2. The number of aliphatic hydroxyl groups is 1. The molecule has 19 heavy (non-hydrogen) atoms. The van der Waals surface area contributed by atoms with E-state index in [4.69, 9.17) is 5.11 Å². The van der Waals surface area contributed by atoms with E-state index in [-0.39, 0.29) is 23.4 Å². The summed E-state index contributed by atoms with van der Waals surface area (Å²) in [6.07, 6.45) is 0. The topological polar surface area (TPSA) is 98.0 Å². The Labute approximate surface area is 110 Å². The molecule has 1 heterocycles. The van der Waals surface area contributed by atoms with Crippen molar-refractivity contribution < 1.29 is 13.5 Å². The number of aromatic nitrogens is 4. The quantitative estimate of drug-likeness (QED) is 0.833. The Morgan fingerprint density at radius 2 is 2.00 bits per heavy atom. The SMILES string of the molecule is C[C@@H](CO)CS(=O)(=O)c1nnnn1-c1ccccc1. The molecule has 8 heteroatoms. The van der Waals surface area contributed by atoms with Crippen LogP contribution in [0.2, 0.25) is 0 Å². The van der Waals surface area contributed by atoms with Gasteiger partial charge in [-0.1, -0.05) is 30.2 Å². The van der Waals surface area contributed by atoms with Crippen LogP contribution in [-0.4, -0.2) is 46.1 Å². The van der Waals surface area contributed by atoms with E-state index >= 15 is 0 Å². The van der Waals surface area contributed by atoms with Gasteiger partial charge in [-0.2, -0.15) is 4.68 Å². The monoisotopic (exact) mass is 282 g/mol. The summed E-state index contributed by atoms with van der Waals surface area (Å²) in [6.45, 7) is 1.44. The predicted molar refractivity (Wildman–Crippen MR) is 67.5 cm³/mol. The van der Waals surface area contributed by atoms with E-state index in [2.05, 4.69) is 15.5 Å². The van der Waals surface area contributed by atoms with E-state index in [1.165, 1.54) is 4.68 Å². The van der Waals surface area contributed by atoms with Gasteiger partial charge in [-0.25, -0.2) is 8.42 Å². The predicted octanol–water partition coefficient (Wildman–Crippen LogP) is 0.0644. The van der Waals surface area contributed by atoms with E-state index in [9.17, 15) is 8.42 Å². The molecule has 0 fully saturated rings. The van der Waals surface area contributed by atoms with Gasteiger partial charge in [0.2, 0.25) is 9.84 Å². The Hall–Kier alpha value is -1.80. The third kappa shape index (κ3) is 2.96. The van der Waals surface area contributed by atoms with Crippen LogP contribution >= 0.6 is 0 Å². The molecule has 0 saturated heterocycles. The summed E-state index contributed by atoms with van der Waals surface area (Å²) in [5.74, 6) is -0.567. The third-order valence-corrected chi connectivity index (χ3v) is 4.35. The molecule has 0 aliphatic carbocycles. The second-order valence-corrected chi connectivity index (χ2v) is 6.21. The first-order valence-electron chi connectivity index (χ1n) is 5.72. The van der Waals surface area contributed by atoms with E-state index in [1.54, 1.807) is 31.2 Å². The maximum atomic E-state index is 12.2. The van der Waals surface area contributed by atoms with Gasteiger partial charge in [0, 0.05) is 6.61 Å². The van der Waals surface area contributed by atoms with Crippen molar-refractivity contribution in [1.82, 2.24) is 20.2 Å². The van der Waals surface area contributed by atoms with Gasteiger partial charge in [0.15, 0.2) is 0 Å². The van der Waals surface area contributed by atoms with Crippen LogP contribution in [0.15, 0.2) is 35.5 Å². The van der Waals surface area contributed by atoms with Gasteiger partial charge in [0.1, 0.15) is 0 Å². The highest BCUT2D eigenvalue weighted by Crippen LogP contribution is 2.14. The number of nitrogens with zero attached hydrogens (tertiary/aromatic N) is 4. The first-order valence-corrected chi connectivity index (χ1v) is 7.37. The molecule has 0 radical (unpaired) electrons. The normalized spacial score (nSPS) is 13.4. The van der Waals surface area contributed by atoms with E-state index in [0.29, 0.717) is 5.69 Å². The summed E-state index contributed by atoms with van der Waals surface area (Å²) >= 11 is 0. The molecule has 0 saturated carbocycles. The first-order chi connectivity index (χ1) is 9.04. The number of rotatable bonds is 5. The molecule has 2 rings (SSSR count). The summed E-state index contributed by atoms with van der Waals surface area (Å²) in [4.78, 5) is 0. The minimum Gasteiger partial charge on any atom is -0.396 e. The Bertz CT molecular complexity index is 639. The van der Waals surface area contributed by atoms with Crippen molar-refractivity contribution in [2.75, 3.05) is 12.4 Å². The van der Waals surface area contributed by atoms with Gasteiger partial charge < -0.3 is 5.11 Å². The van der Waals surface area contributed by atoms with Gasteiger partial charge in [0.05, 0.1) is 11.4 Å². The largest absolute Gasteiger partial charge is 0.396 e. The summed E-state index contributed by atoms with van der Waals surface area (Å²) < 4.78 is 25.5. The van der Waals surface area contributed by atoms with Gasteiger partial charge in [-0.05, 0) is 28.5 Å². The molecule has 1 aromatic carbocycles. The Kier molecular flexibility index (Phi) is 3.91. The molecular weight excluding hydrogens is 268 g/mol. The number of hydrogen-bond acceptors (Lipinski definition) is 6. The Morgan fingerprint density at radius 3 is 2.63 bits per heavy atom.